The van der Waals surface area contributed by atoms with Gasteiger partial charge in [-0.05, 0) is 47.5 Å². The Morgan fingerprint density at radius 1 is 1.06 bits per heavy atom. The van der Waals surface area contributed by atoms with Crippen molar-refractivity contribution in [1.29, 1.82) is 0 Å². The molecule has 2 aromatic carbocycles. The maximum absolute atomic E-state index is 14.8. The third-order valence-corrected chi connectivity index (χ3v) is 6.60. The average Bonchev–Trinajstić information content (AvgIpc) is 3.03. The highest BCUT2D eigenvalue weighted by Crippen LogP contribution is 2.41. The molecule has 14 heteroatoms. The van der Waals surface area contributed by atoms with Crippen LogP contribution in [-0.2, 0) is 20.5 Å². The molecule has 2 N–H and O–H groups in total. The summed E-state index contributed by atoms with van der Waals surface area (Å²) >= 11 is 6.00. The van der Waals surface area contributed by atoms with Crippen LogP contribution < -0.4 is 9.92 Å². The fourth-order valence-electron chi connectivity index (χ4n) is 3.61. The summed E-state index contributed by atoms with van der Waals surface area (Å²) in [6.07, 6.45) is 1.37. The molecule has 3 aromatic rings. The molecule has 0 radical (unpaired) electrons. The van der Waals surface area contributed by atoms with Crippen molar-refractivity contribution in [3.8, 4) is 17.0 Å². The minimum absolute atomic E-state index is 0.00160. The van der Waals surface area contributed by atoms with Crippen molar-refractivity contribution < 1.29 is 35.0 Å². The van der Waals surface area contributed by atoms with Gasteiger partial charge in [0.15, 0.2) is 11.5 Å². The molecule has 8 nitrogen and oxygen atoms in total. The summed E-state index contributed by atoms with van der Waals surface area (Å²) in [5.41, 5.74) is -1.15. The van der Waals surface area contributed by atoms with E-state index in [0.717, 1.165) is 35.2 Å². The zero-order valence-electron chi connectivity index (χ0n) is 18.1. The number of halogens is 5. The minimum Gasteiger partial charge on any atom is -0.376 e. The molecule has 188 valence electrons. The molecule has 1 atom stereocenters. The number of guanidine groups is 1. The molecule has 36 heavy (non-hydrogen) atoms. The van der Waals surface area contributed by atoms with Crippen molar-refractivity contribution in [2.24, 2.45) is 10.7 Å². The Kier molecular flexibility index (Phi) is 6.17. The van der Waals surface area contributed by atoms with E-state index in [2.05, 4.69) is 14.2 Å². The number of rotatable bonds is 5. The Labute approximate surface area is 207 Å². The highest BCUT2D eigenvalue weighted by Gasteiger charge is 2.50. The van der Waals surface area contributed by atoms with Crippen molar-refractivity contribution in [3.05, 3.63) is 82.8 Å². The van der Waals surface area contributed by atoms with Crippen molar-refractivity contribution in [2.75, 3.05) is 7.05 Å². The largest absolute Gasteiger partial charge is 0.534 e. The topological polar surface area (TPSA) is 115 Å². The number of likely N-dealkylation sites (N-methyl/N-ethyl adjacent to an activating group) is 1. The number of carbonyl (C=O) groups is 1. The van der Waals surface area contributed by atoms with Crippen molar-refractivity contribution in [3.63, 3.8) is 0 Å². The SMILES string of the molecule is CN1C(=O)C(c2ccc(OS(=O)(=O)C(F)(F)F)cc2)(c2ccc(F)c(-c3cc(Cl)ccn3)c2)N=C1N. The summed E-state index contributed by atoms with van der Waals surface area (Å²) in [6.45, 7) is 0. The summed E-state index contributed by atoms with van der Waals surface area (Å²) in [5.74, 6) is -2.13. The molecule has 1 aliphatic rings. The van der Waals surface area contributed by atoms with Crippen LogP contribution in [0.3, 0.4) is 0 Å². The Morgan fingerprint density at radius 2 is 1.69 bits per heavy atom. The van der Waals surface area contributed by atoms with E-state index in [1.807, 2.05) is 0 Å². The first-order valence-electron chi connectivity index (χ1n) is 9.93. The second-order valence-electron chi connectivity index (χ2n) is 7.61. The maximum atomic E-state index is 14.8. The first kappa shape index (κ1) is 25.4. The second-order valence-corrected chi connectivity index (χ2v) is 9.58. The number of alkyl halides is 3. The number of amides is 1. The Balaban J connectivity index is 1.85. The van der Waals surface area contributed by atoms with Crippen LogP contribution in [0.25, 0.3) is 11.3 Å². The lowest BCUT2D eigenvalue weighted by molar-refractivity contribution is -0.129. The fraction of sp³-hybridized carbons (Fsp3) is 0.136. The zero-order valence-corrected chi connectivity index (χ0v) is 19.7. The first-order valence-corrected chi connectivity index (χ1v) is 11.7. The second kappa shape index (κ2) is 8.75. The molecule has 0 saturated heterocycles. The normalized spacial score (nSPS) is 18.3. The van der Waals surface area contributed by atoms with Gasteiger partial charge in [-0.15, -0.1) is 0 Å². The summed E-state index contributed by atoms with van der Waals surface area (Å²) in [4.78, 5) is 22.9. The molecule has 1 aliphatic heterocycles. The molecule has 0 saturated carbocycles. The Hall–Kier alpha value is -3.71. The number of carbonyl (C=O) groups excluding carboxylic acids is 1. The van der Waals surface area contributed by atoms with Gasteiger partial charge in [-0.2, -0.15) is 21.6 Å². The van der Waals surface area contributed by atoms with Gasteiger partial charge in [-0.1, -0.05) is 29.8 Å². The lowest BCUT2D eigenvalue weighted by Gasteiger charge is -2.26. The summed E-state index contributed by atoms with van der Waals surface area (Å²) in [5, 5.41) is 0.294. The van der Waals surface area contributed by atoms with E-state index in [0.29, 0.717) is 5.02 Å². The van der Waals surface area contributed by atoms with Crippen molar-refractivity contribution in [2.45, 2.75) is 11.0 Å². The number of nitrogens with zero attached hydrogens (tertiary/aromatic N) is 3. The minimum atomic E-state index is -5.91. The summed E-state index contributed by atoms with van der Waals surface area (Å²) in [6, 6.07) is 10.8. The number of benzene rings is 2. The van der Waals surface area contributed by atoms with E-state index in [-0.39, 0.29) is 28.3 Å². The highest BCUT2D eigenvalue weighted by atomic mass is 35.5. The third kappa shape index (κ3) is 4.24. The number of aliphatic imine (C=N–C) groups is 1. The van der Waals surface area contributed by atoms with Crippen LogP contribution in [0.1, 0.15) is 11.1 Å². The van der Waals surface area contributed by atoms with Crippen LogP contribution in [0, 0.1) is 5.82 Å². The number of nitrogens with two attached hydrogens (primary N) is 1. The molecular formula is C22H15ClF4N4O4S. The Bertz CT molecular complexity index is 1500. The quantitative estimate of drug-likeness (QED) is 0.298. The fourth-order valence-corrected chi connectivity index (χ4v) is 4.23. The van der Waals surface area contributed by atoms with Gasteiger partial charge in [0.05, 0.1) is 5.69 Å². The van der Waals surface area contributed by atoms with Crippen LogP contribution in [0.2, 0.25) is 5.02 Å². The van der Waals surface area contributed by atoms with Crippen LogP contribution in [0.4, 0.5) is 17.6 Å². The lowest BCUT2D eigenvalue weighted by atomic mass is 9.82. The zero-order chi connectivity index (χ0) is 26.5. The lowest BCUT2D eigenvalue weighted by Crippen LogP contribution is -2.41. The van der Waals surface area contributed by atoms with Gasteiger partial charge in [0.1, 0.15) is 11.6 Å². The molecule has 0 aliphatic carbocycles. The van der Waals surface area contributed by atoms with Crippen LogP contribution in [0.5, 0.6) is 5.75 Å². The molecule has 0 fully saturated rings. The smallest absolute Gasteiger partial charge is 0.376 e. The monoisotopic (exact) mass is 542 g/mol. The predicted molar refractivity (Wildman–Crippen MR) is 122 cm³/mol. The molecule has 2 heterocycles. The molecule has 1 amide bonds. The maximum Gasteiger partial charge on any atom is 0.534 e. The first-order chi connectivity index (χ1) is 16.8. The van der Waals surface area contributed by atoms with E-state index in [4.69, 9.17) is 17.3 Å². The van der Waals surface area contributed by atoms with Gasteiger partial charge in [0.2, 0.25) is 0 Å². The molecule has 4 rings (SSSR count). The molecule has 1 aromatic heterocycles. The van der Waals surface area contributed by atoms with Gasteiger partial charge in [-0.25, -0.2) is 9.38 Å². The van der Waals surface area contributed by atoms with Crippen LogP contribution in [-0.4, -0.2) is 42.7 Å². The summed E-state index contributed by atoms with van der Waals surface area (Å²) in [7, 11) is -4.54. The Morgan fingerprint density at radius 3 is 2.25 bits per heavy atom. The van der Waals surface area contributed by atoms with Crippen LogP contribution in [0.15, 0.2) is 65.8 Å². The number of hydrogen-bond acceptors (Lipinski definition) is 7. The van der Waals surface area contributed by atoms with Gasteiger partial charge in [0.25, 0.3) is 5.91 Å². The van der Waals surface area contributed by atoms with E-state index < -0.39 is 38.6 Å². The number of hydrogen-bond donors (Lipinski definition) is 1. The van der Waals surface area contributed by atoms with E-state index in [1.165, 1.54) is 37.5 Å². The predicted octanol–water partition coefficient (Wildman–Crippen LogP) is 3.80. The van der Waals surface area contributed by atoms with E-state index in [9.17, 15) is 30.8 Å². The van der Waals surface area contributed by atoms with E-state index >= 15 is 0 Å². The average molecular weight is 543 g/mol. The van der Waals surface area contributed by atoms with E-state index in [1.54, 1.807) is 0 Å². The van der Waals surface area contributed by atoms with Gasteiger partial charge < -0.3 is 9.92 Å². The van der Waals surface area contributed by atoms with Gasteiger partial charge in [0, 0.05) is 23.8 Å². The molecule has 0 bridgehead atoms. The van der Waals surface area contributed by atoms with Crippen molar-refractivity contribution >= 4 is 33.6 Å². The molecular weight excluding hydrogens is 528 g/mol. The van der Waals surface area contributed by atoms with Gasteiger partial charge in [-0.3, -0.25) is 14.7 Å². The van der Waals surface area contributed by atoms with Crippen molar-refractivity contribution in [1.82, 2.24) is 9.88 Å². The molecule has 1 unspecified atom stereocenters. The summed E-state index contributed by atoms with van der Waals surface area (Å²) < 4.78 is 79.5. The number of aromatic nitrogens is 1. The molecule has 0 spiro atoms. The highest BCUT2D eigenvalue weighted by molar-refractivity contribution is 7.88. The van der Waals surface area contributed by atoms with Gasteiger partial charge >= 0.3 is 15.6 Å². The third-order valence-electron chi connectivity index (χ3n) is 5.38. The number of pyridine rings is 1. The van der Waals surface area contributed by atoms with Crippen LogP contribution >= 0.6 is 11.6 Å². The standard InChI is InChI=1S/C22H15ClF4N4O4S/c1-31-19(32)21(30-20(31)28,12-2-5-15(6-3-12)35-36(33,34)22(25,26)27)13-4-7-17(24)16(10-13)18-11-14(23)8-9-29-18/h2-11H,1H3,(H2,28,30).